The van der Waals surface area contributed by atoms with E-state index in [0.717, 1.165) is 12.1 Å². The minimum absolute atomic E-state index is 0. The Bertz CT molecular complexity index is 691. The molecule has 0 spiro atoms. The molecule has 1 aromatic rings. The maximum Gasteiger partial charge on any atom is 0.276 e. The lowest BCUT2D eigenvalue weighted by Gasteiger charge is -2.26. The average Bonchev–Trinajstić information content (AvgIpc) is 2.43. The van der Waals surface area contributed by atoms with Crippen LogP contribution in [0.5, 0.6) is 0 Å². The van der Waals surface area contributed by atoms with Crippen LogP contribution in [0.3, 0.4) is 0 Å². The highest BCUT2D eigenvalue weighted by molar-refractivity contribution is 7.89. The fourth-order valence-electron chi connectivity index (χ4n) is 2.51. The van der Waals surface area contributed by atoms with Crippen molar-refractivity contribution in [1.82, 2.24) is 4.72 Å². The lowest BCUT2D eigenvalue weighted by Crippen LogP contribution is -2.40. The quantitative estimate of drug-likeness (QED) is 0.623. The third-order valence-corrected chi connectivity index (χ3v) is 5.39. The number of sulfonamides is 1. The Morgan fingerprint density at radius 1 is 1.30 bits per heavy atom. The molecule has 0 aromatic heterocycles. The zero-order chi connectivity index (χ0) is 16.5. The van der Waals surface area contributed by atoms with E-state index in [-0.39, 0.29) is 30.1 Å². The monoisotopic (exact) mass is 367 g/mol. The molecule has 1 fully saturated rings. The molecule has 0 saturated heterocycles. The van der Waals surface area contributed by atoms with Crippen molar-refractivity contribution in [3.63, 3.8) is 0 Å². The molecule has 10 heteroatoms. The van der Waals surface area contributed by atoms with Crippen molar-refractivity contribution in [1.29, 1.82) is 0 Å². The van der Waals surface area contributed by atoms with Crippen LogP contribution in [0.15, 0.2) is 17.0 Å². The van der Waals surface area contributed by atoms with Crippen LogP contribution >= 0.6 is 12.4 Å². The summed E-state index contributed by atoms with van der Waals surface area (Å²) in [5.74, 6) is -0.916. The molecule has 1 aromatic carbocycles. The largest absolute Gasteiger partial charge is 0.328 e. The minimum atomic E-state index is -4.01. The summed E-state index contributed by atoms with van der Waals surface area (Å²) in [4.78, 5) is 9.66. The van der Waals surface area contributed by atoms with Crippen LogP contribution in [-0.4, -0.2) is 25.4 Å². The van der Waals surface area contributed by atoms with Crippen molar-refractivity contribution >= 4 is 28.1 Å². The van der Waals surface area contributed by atoms with E-state index in [1.807, 2.05) is 0 Å². The van der Waals surface area contributed by atoms with Gasteiger partial charge in [0.1, 0.15) is 5.82 Å². The lowest BCUT2D eigenvalue weighted by molar-refractivity contribution is -0.385. The number of nitrogens with one attached hydrogen (secondary N) is 1. The molecule has 1 saturated carbocycles. The Morgan fingerprint density at radius 3 is 2.39 bits per heavy atom. The summed E-state index contributed by atoms with van der Waals surface area (Å²) < 4.78 is 40.8. The summed E-state index contributed by atoms with van der Waals surface area (Å²) in [6, 6.07) is 1.47. The predicted molar refractivity (Wildman–Crippen MR) is 85.6 cm³/mol. The van der Waals surface area contributed by atoms with E-state index in [9.17, 15) is 22.9 Å². The maximum absolute atomic E-state index is 13.7. The first kappa shape index (κ1) is 19.8. The number of nitrogens with zero attached hydrogens (tertiary/aromatic N) is 1. The second-order valence-corrected chi connectivity index (χ2v) is 7.25. The molecule has 0 unspecified atom stereocenters. The molecular weight excluding hydrogens is 349 g/mol. The molecule has 7 nitrogen and oxygen atoms in total. The van der Waals surface area contributed by atoms with Gasteiger partial charge in [-0.2, -0.15) is 0 Å². The highest BCUT2D eigenvalue weighted by Crippen LogP contribution is 2.26. The average molecular weight is 368 g/mol. The van der Waals surface area contributed by atoms with E-state index < -0.39 is 31.3 Å². The molecule has 0 amide bonds. The third kappa shape index (κ3) is 4.60. The molecule has 0 aliphatic heterocycles. The Labute approximate surface area is 140 Å². The number of hydrogen-bond acceptors (Lipinski definition) is 5. The lowest BCUT2D eigenvalue weighted by atomic mass is 9.93. The summed E-state index contributed by atoms with van der Waals surface area (Å²) >= 11 is 0. The normalized spacial score (nSPS) is 21.5. The highest BCUT2D eigenvalue weighted by atomic mass is 35.5. The number of benzene rings is 1. The fourth-order valence-corrected chi connectivity index (χ4v) is 3.85. The fraction of sp³-hybridized carbons (Fsp3) is 0.538. The van der Waals surface area contributed by atoms with Gasteiger partial charge < -0.3 is 5.73 Å². The molecule has 0 radical (unpaired) electrons. The first-order valence-electron chi connectivity index (χ1n) is 6.93. The minimum Gasteiger partial charge on any atom is -0.328 e. The summed E-state index contributed by atoms with van der Waals surface area (Å²) in [7, 11) is -4.01. The molecular formula is C13H19ClFN3O4S. The van der Waals surface area contributed by atoms with Crippen LogP contribution in [0.1, 0.15) is 31.2 Å². The van der Waals surface area contributed by atoms with Crippen molar-refractivity contribution in [2.75, 3.05) is 0 Å². The zero-order valence-corrected chi connectivity index (χ0v) is 14.1. The van der Waals surface area contributed by atoms with Crippen LogP contribution in [0.2, 0.25) is 0 Å². The summed E-state index contributed by atoms with van der Waals surface area (Å²) in [6.07, 6.45) is 2.60. The molecule has 0 heterocycles. The molecule has 23 heavy (non-hydrogen) atoms. The van der Waals surface area contributed by atoms with Crippen LogP contribution < -0.4 is 10.5 Å². The maximum atomic E-state index is 13.7. The van der Waals surface area contributed by atoms with E-state index in [2.05, 4.69) is 4.72 Å². The third-order valence-electron chi connectivity index (χ3n) is 3.89. The van der Waals surface area contributed by atoms with E-state index in [0.29, 0.717) is 25.7 Å². The molecule has 0 atom stereocenters. The van der Waals surface area contributed by atoms with Crippen molar-refractivity contribution in [3.05, 3.63) is 33.6 Å². The van der Waals surface area contributed by atoms with E-state index in [1.54, 1.807) is 0 Å². The molecule has 0 bridgehead atoms. The summed E-state index contributed by atoms with van der Waals surface area (Å²) in [5.41, 5.74) is 5.02. The van der Waals surface area contributed by atoms with Crippen LogP contribution in [0.4, 0.5) is 10.1 Å². The van der Waals surface area contributed by atoms with Gasteiger partial charge in [0, 0.05) is 18.2 Å². The zero-order valence-electron chi connectivity index (χ0n) is 12.5. The Morgan fingerprint density at radius 2 is 1.87 bits per heavy atom. The van der Waals surface area contributed by atoms with E-state index in [4.69, 9.17) is 5.73 Å². The van der Waals surface area contributed by atoms with Gasteiger partial charge in [-0.1, -0.05) is 0 Å². The van der Waals surface area contributed by atoms with Gasteiger partial charge in [0.25, 0.3) is 5.69 Å². The summed E-state index contributed by atoms with van der Waals surface area (Å²) in [5, 5.41) is 10.9. The van der Waals surface area contributed by atoms with Gasteiger partial charge in [-0.05, 0) is 38.7 Å². The van der Waals surface area contributed by atoms with Gasteiger partial charge in [0.2, 0.25) is 10.0 Å². The molecule has 1 aliphatic rings. The molecule has 130 valence electrons. The second-order valence-electron chi connectivity index (χ2n) is 5.54. The molecule has 1 aliphatic carbocycles. The van der Waals surface area contributed by atoms with Crippen LogP contribution in [0.25, 0.3) is 0 Å². The second kappa shape index (κ2) is 7.52. The van der Waals surface area contributed by atoms with Crippen LogP contribution in [-0.2, 0) is 10.0 Å². The first-order valence-corrected chi connectivity index (χ1v) is 8.41. The smallest absolute Gasteiger partial charge is 0.276 e. The molecule has 3 N–H and O–H groups in total. The Balaban J connectivity index is 0.00000264. The molecule has 2 rings (SSSR count). The highest BCUT2D eigenvalue weighted by Gasteiger charge is 2.27. The van der Waals surface area contributed by atoms with Crippen molar-refractivity contribution in [2.45, 2.75) is 49.6 Å². The van der Waals surface area contributed by atoms with Gasteiger partial charge in [-0.3, -0.25) is 10.1 Å². The van der Waals surface area contributed by atoms with Crippen LogP contribution in [0, 0.1) is 22.9 Å². The Kier molecular flexibility index (Phi) is 6.46. The SMILES string of the molecule is Cc1c(F)cc(S(=O)(=O)NC2CCC(N)CC2)cc1[N+](=O)[O-].Cl. The van der Waals surface area contributed by atoms with E-state index in [1.165, 1.54) is 6.92 Å². The van der Waals surface area contributed by atoms with Gasteiger partial charge >= 0.3 is 0 Å². The number of nitrogens with two attached hydrogens (primary N) is 1. The van der Waals surface area contributed by atoms with Crippen molar-refractivity contribution in [3.8, 4) is 0 Å². The van der Waals surface area contributed by atoms with Gasteiger partial charge in [-0.25, -0.2) is 17.5 Å². The van der Waals surface area contributed by atoms with Gasteiger partial charge in [-0.15, -0.1) is 12.4 Å². The summed E-state index contributed by atoms with van der Waals surface area (Å²) in [6.45, 7) is 1.24. The number of hydrogen-bond donors (Lipinski definition) is 2. The number of halogens is 2. The topological polar surface area (TPSA) is 115 Å². The predicted octanol–water partition coefficient (Wildman–Crippen LogP) is 2.01. The van der Waals surface area contributed by atoms with E-state index >= 15 is 0 Å². The number of nitro benzene ring substituents is 1. The number of rotatable bonds is 4. The van der Waals surface area contributed by atoms with Gasteiger partial charge in [0.15, 0.2) is 0 Å². The Hall–Kier alpha value is -1.29. The van der Waals surface area contributed by atoms with Crippen molar-refractivity contribution in [2.24, 2.45) is 5.73 Å². The first-order chi connectivity index (χ1) is 10.2. The number of nitro groups is 1. The standard InChI is InChI=1S/C13H18FN3O4S.ClH/c1-8-12(14)6-11(7-13(8)17(18)19)22(20,21)16-10-4-2-9(15)3-5-10;/h6-7,9-10,16H,2-5,15H2,1H3;1H. The van der Waals surface area contributed by atoms with Gasteiger partial charge in [0.05, 0.1) is 15.4 Å². The van der Waals surface area contributed by atoms with Crippen molar-refractivity contribution < 1.29 is 17.7 Å².